The summed E-state index contributed by atoms with van der Waals surface area (Å²) in [6.07, 6.45) is 6.31. The van der Waals surface area contributed by atoms with Gasteiger partial charge in [0.1, 0.15) is 11.5 Å². The third-order valence-corrected chi connectivity index (χ3v) is 5.85. The average Bonchev–Trinajstić information content (AvgIpc) is 3.13. The molecule has 0 saturated carbocycles. The van der Waals surface area contributed by atoms with E-state index in [-0.39, 0.29) is 0 Å². The fraction of sp³-hybridized carbons (Fsp3) is 0.421. The van der Waals surface area contributed by atoms with Crippen molar-refractivity contribution in [1.82, 2.24) is 25.1 Å². The van der Waals surface area contributed by atoms with Crippen LogP contribution in [0.25, 0.3) is 22.3 Å². The SMILES string of the molecule is CC1C(Nc2ccc(-c3cnc4[nH]ccc4c3)nn2)C2CCN1CC2. The summed E-state index contributed by atoms with van der Waals surface area (Å²) in [5, 5.41) is 13.6. The van der Waals surface area contributed by atoms with Gasteiger partial charge >= 0.3 is 0 Å². The minimum absolute atomic E-state index is 0.473. The van der Waals surface area contributed by atoms with Crippen LogP contribution in [0.3, 0.4) is 0 Å². The monoisotopic (exact) mass is 334 g/mol. The first-order valence-corrected chi connectivity index (χ1v) is 9.06. The van der Waals surface area contributed by atoms with Crippen LogP contribution >= 0.6 is 0 Å². The number of pyridine rings is 1. The van der Waals surface area contributed by atoms with Crippen molar-refractivity contribution >= 4 is 16.9 Å². The predicted octanol–water partition coefficient (Wildman–Crippen LogP) is 2.91. The second kappa shape index (κ2) is 5.81. The lowest BCUT2D eigenvalue weighted by molar-refractivity contribution is 0.0457. The van der Waals surface area contributed by atoms with Crippen molar-refractivity contribution in [3.8, 4) is 11.3 Å². The van der Waals surface area contributed by atoms with Gasteiger partial charge in [-0.15, -0.1) is 10.2 Å². The fourth-order valence-electron chi connectivity index (χ4n) is 4.36. The summed E-state index contributed by atoms with van der Waals surface area (Å²) in [4.78, 5) is 10.1. The highest BCUT2D eigenvalue weighted by Crippen LogP contribution is 2.33. The number of piperidine rings is 3. The Morgan fingerprint density at radius 1 is 1.16 bits per heavy atom. The van der Waals surface area contributed by atoms with Crippen molar-refractivity contribution in [3.63, 3.8) is 0 Å². The van der Waals surface area contributed by atoms with Gasteiger partial charge in [0.15, 0.2) is 0 Å². The van der Waals surface area contributed by atoms with Crippen LogP contribution in [0.5, 0.6) is 0 Å². The minimum Gasteiger partial charge on any atom is -0.364 e. The Labute approximate surface area is 146 Å². The third kappa shape index (κ3) is 2.57. The van der Waals surface area contributed by atoms with E-state index in [9.17, 15) is 0 Å². The second-order valence-corrected chi connectivity index (χ2v) is 7.23. The van der Waals surface area contributed by atoms with E-state index < -0.39 is 0 Å². The van der Waals surface area contributed by atoms with Crippen molar-refractivity contribution in [2.24, 2.45) is 5.92 Å². The van der Waals surface area contributed by atoms with Crippen LogP contribution in [0, 0.1) is 5.92 Å². The van der Waals surface area contributed by atoms with Crippen molar-refractivity contribution in [2.75, 3.05) is 18.4 Å². The Bertz CT molecular complexity index is 876. The zero-order valence-electron chi connectivity index (χ0n) is 14.3. The quantitative estimate of drug-likeness (QED) is 0.771. The molecule has 25 heavy (non-hydrogen) atoms. The van der Waals surface area contributed by atoms with Gasteiger partial charge in [-0.3, -0.25) is 4.90 Å². The van der Waals surface area contributed by atoms with E-state index in [1.54, 1.807) is 0 Å². The van der Waals surface area contributed by atoms with Crippen LogP contribution in [-0.2, 0) is 0 Å². The largest absolute Gasteiger partial charge is 0.364 e. The molecule has 0 aliphatic carbocycles. The predicted molar refractivity (Wildman–Crippen MR) is 98.3 cm³/mol. The Morgan fingerprint density at radius 3 is 2.80 bits per heavy atom. The molecule has 6 nitrogen and oxygen atoms in total. The van der Waals surface area contributed by atoms with Gasteiger partial charge in [-0.25, -0.2) is 4.98 Å². The molecular weight excluding hydrogens is 312 g/mol. The number of rotatable bonds is 3. The molecule has 3 aliphatic rings. The number of H-pyrrole nitrogens is 1. The molecule has 3 aromatic rings. The summed E-state index contributed by atoms with van der Waals surface area (Å²) in [6, 6.07) is 9.20. The maximum absolute atomic E-state index is 4.42. The van der Waals surface area contributed by atoms with E-state index in [1.165, 1.54) is 25.9 Å². The molecule has 2 N–H and O–H groups in total. The first kappa shape index (κ1) is 14.8. The van der Waals surface area contributed by atoms with Gasteiger partial charge in [-0.05, 0) is 63.0 Å². The Hall–Kier alpha value is -2.47. The highest BCUT2D eigenvalue weighted by Gasteiger charge is 2.39. The lowest BCUT2D eigenvalue weighted by Gasteiger charge is -2.50. The maximum atomic E-state index is 4.42. The summed E-state index contributed by atoms with van der Waals surface area (Å²) in [5.74, 6) is 1.62. The molecule has 3 saturated heterocycles. The van der Waals surface area contributed by atoms with Gasteiger partial charge in [0.2, 0.25) is 0 Å². The van der Waals surface area contributed by atoms with E-state index in [0.29, 0.717) is 12.1 Å². The molecule has 2 atom stereocenters. The zero-order valence-corrected chi connectivity index (χ0v) is 14.3. The minimum atomic E-state index is 0.473. The van der Waals surface area contributed by atoms with Crippen molar-refractivity contribution < 1.29 is 0 Å². The number of fused-ring (bicyclic) bond motifs is 4. The summed E-state index contributed by atoms with van der Waals surface area (Å²) in [7, 11) is 0. The lowest BCUT2D eigenvalue weighted by atomic mass is 9.79. The van der Waals surface area contributed by atoms with E-state index in [1.807, 2.05) is 30.6 Å². The zero-order chi connectivity index (χ0) is 16.8. The van der Waals surface area contributed by atoms with E-state index in [4.69, 9.17) is 0 Å². The number of hydrogen-bond acceptors (Lipinski definition) is 5. The smallest absolute Gasteiger partial charge is 0.148 e. The topological polar surface area (TPSA) is 69.7 Å². The number of nitrogens with zero attached hydrogens (tertiary/aromatic N) is 4. The Morgan fingerprint density at radius 2 is 2.04 bits per heavy atom. The van der Waals surface area contributed by atoms with Gasteiger partial charge < -0.3 is 10.3 Å². The van der Waals surface area contributed by atoms with Gasteiger partial charge in [-0.1, -0.05) is 0 Å². The first-order chi connectivity index (χ1) is 12.3. The molecule has 2 bridgehead atoms. The van der Waals surface area contributed by atoms with Crippen LogP contribution in [0.1, 0.15) is 19.8 Å². The molecule has 0 amide bonds. The Balaban J connectivity index is 1.36. The molecule has 0 radical (unpaired) electrons. The van der Waals surface area contributed by atoms with Crippen molar-refractivity contribution in [2.45, 2.75) is 31.8 Å². The van der Waals surface area contributed by atoms with E-state index >= 15 is 0 Å². The van der Waals surface area contributed by atoms with Crippen molar-refractivity contribution in [3.05, 3.63) is 36.7 Å². The molecular formula is C19H22N6. The standard InChI is InChI=1S/C19H22N6/c1-12-18(13-5-8-25(12)9-6-13)22-17-3-2-16(23-24-17)15-10-14-4-7-20-19(14)21-11-15/h2-4,7,10-13,18H,5-6,8-9H2,1H3,(H,20,21)(H,22,24). The van der Waals surface area contributed by atoms with Gasteiger partial charge in [0.05, 0.1) is 5.69 Å². The molecule has 3 aliphatic heterocycles. The highest BCUT2D eigenvalue weighted by molar-refractivity contribution is 5.80. The maximum Gasteiger partial charge on any atom is 0.148 e. The third-order valence-electron chi connectivity index (χ3n) is 5.85. The molecule has 2 unspecified atom stereocenters. The van der Waals surface area contributed by atoms with Gasteiger partial charge in [-0.2, -0.15) is 0 Å². The van der Waals surface area contributed by atoms with E-state index in [0.717, 1.165) is 34.0 Å². The normalized spacial score (nSPS) is 28.4. The number of nitrogens with one attached hydrogen (secondary N) is 2. The molecule has 6 rings (SSSR count). The molecule has 6 heteroatoms. The molecule has 3 aromatic heterocycles. The molecule has 3 fully saturated rings. The molecule has 6 heterocycles. The summed E-state index contributed by atoms with van der Waals surface area (Å²) < 4.78 is 0. The molecule has 128 valence electrons. The Kier molecular flexibility index (Phi) is 3.45. The van der Waals surface area contributed by atoms with Gasteiger partial charge in [0.25, 0.3) is 0 Å². The number of hydrogen-bond donors (Lipinski definition) is 2. The van der Waals surface area contributed by atoms with Gasteiger partial charge in [0, 0.05) is 35.4 Å². The number of aromatic nitrogens is 4. The van der Waals surface area contributed by atoms with Crippen LogP contribution in [-0.4, -0.2) is 50.2 Å². The van der Waals surface area contributed by atoms with Crippen LogP contribution in [0.15, 0.2) is 36.7 Å². The number of aromatic amines is 1. The van der Waals surface area contributed by atoms with Crippen LogP contribution < -0.4 is 5.32 Å². The fourth-order valence-corrected chi connectivity index (χ4v) is 4.36. The summed E-state index contributed by atoms with van der Waals surface area (Å²) >= 11 is 0. The van der Waals surface area contributed by atoms with Crippen molar-refractivity contribution in [1.29, 1.82) is 0 Å². The highest BCUT2D eigenvalue weighted by atomic mass is 15.2. The van der Waals surface area contributed by atoms with Crippen LogP contribution in [0.4, 0.5) is 5.82 Å². The van der Waals surface area contributed by atoms with Crippen LogP contribution in [0.2, 0.25) is 0 Å². The number of anilines is 1. The first-order valence-electron chi connectivity index (χ1n) is 9.06. The summed E-state index contributed by atoms with van der Waals surface area (Å²) in [6.45, 7) is 4.80. The second-order valence-electron chi connectivity index (χ2n) is 7.23. The summed E-state index contributed by atoms with van der Waals surface area (Å²) in [5.41, 5.74) is 2.73. The lowest BCUT2D eigenvalue weighted by Crippen LogP contribution is -2.59. The molecule has 0 aromatic carbocycles. The molecule has 0 spiro atoms. The average molecular weight is 334 g/mol. The van der Waals surface area contributed by atoms with E-state index in [2.05, 4.69) is 43.4 Å².